The number of esters is 1. The molecule has 24 heavy (non-hydrogen) atoms. The number of fused-ring (bicyclic) bond motifs is 2. The lowest BCUT2D eigenvalue weighted by atomic mass is 9.58. The van der Waals surface area contributed by atoms with E-state index in [4.69, 9.17) is 24.0 Å². The SMILES string of the molecule is C=CC(=O)O[C@H]1OC2O[C@]3(C)CC[C@H]4[C@H](C)CC[C@@H]([C@H]1C)C24OO3. The Morgan fingerprint density at radius 2 is 2.00 bits per heavy atom. The summed E-state index contributed by atoms with van der Waals surface area (Å²) in [6.45, 7) is 9.66. The van der Waals surface area contributed by atoms with Gasteiger partial charge in [-0.3, -0.25) is 0 Å². The summed E-state index contributed by atoms with van der Waals surface area (Å²) >= 11 is 0. The van der Waals surface area contributed by atoms with E-state index in [0.717, 1.165) is 31.8 Å². The van der Waals surface area contributed by atoms with Gasteiger partial charge in [-0.1, -0.05) is 20.4 Å². The Kier molecular flexibility index (Phi) is 3.80. The minimum absolute atomic E-state index is 0.00481. The number of hydrogen-bond donors (Lipinski definition) is 0. The summed E-state index contributed by atoms with van der Waals surface area (Å²) in [7, 11) is 0. The van der Waals surface area contributed by atoms with Gasteiger partial charge in [0.15, 0.2) is 11.9 Å². The molecule has 6 heteroatoms. The van der Waals surface area contributed by atoms with Gasteiger partial charge in [-0.05, 0) is 38.0 Å². The van der Waals surface area contributed by atoms with Crippen LogP contribution in [0.4, 0.5) is 0 Å². The van der Waals surface area contributed by atoms with E-state index in [-0.39, 0.29) is 11.8 Å². The van der Waals surface area contributed by atoms with Gasteiger partial charge in [0.2, 0.25) is 12.1 Å². The lowest BCUT2D eigenvalue weighted by Gasteiger charge is -2.59. The normalized spacial score (nSPS) is 53.0. The molecule has 1 aliphatic carbocycles. The summed E-state index contributed by atoms with van der Waals surface area (Å²) in [5.41, 5.74) is -0.621. The fraction of sp³-hybridized carbons (Fsp3) is 0.833. The van der Waals surface area contributed by atoms with E-state index >= 15 is 0 Å². The standard InChI is InChI=1S/C18H26O6/c1-5-14(19)20-15-11(3)13-7-6-10(2)12-8-9-17(4)22-16(21-15)18(12,13)24-23-17/h5,10-13,15-16H,1,6-9H2,2-4H3/t10-,11-,12+,13+,15+,16?,17+,18?/m1/s1. The number of rotatable bonds is 2. The molecule has 5 rings (SSSR count). The van der Waals surface area contributed by atoms with Crippen molar-refractivity contribution in [1.29, 1.82) is 0 Å². The van der Waals surface area contributed by atoms with Crippen LogP contribution in [0.3, 0.4) is 0 Å². The van der Waals surface area contributed by atoms with Crippen molar-refractivity contribution in [3.63, 3.8) is 0 Å². The average Bonchev–Trinajstić information content (AvgIpc) is 2.78. The predicted molar refractivity (Wildman–Crippen MR) is 83.1 cm³/mol. The highest BCUT2D eigenvalue weighted by Crippen LogP contribution is 2.60. The zero-order valence-electron chi connectivity index (χ0n) is 14.5. The van der Waals surface area contributed by atoms with Gasteiger partial charge in [-0.15, -0.1) is 0 Å². The molecule has 8 atom stereocenters. The van der Waals surface area contributed by atoms with Crippen molar-refractivity contribution in [1.82, 2.24) is 0 Å². The van der Waals surface area contributed by atoms with Crippen LogP contribution in [-0.2, 0) is 28.8 Å². The van der Waals surface area contributed by atoms with Gasteiger partial charge in [-0.2, -0.15) is 0 Å². The third-order valence-corrected chi connectivity index (χ3v) is 6.50. The molecule has 0 aromatic rings. The Balaban J connectivity index is 1.72. The molecule has 134 valence electrons. The molecule has 5 aliphatic rings. The number of hydrogen-bond acceptors (Lipinski definition) is 6. The van der Waals surface area contributed by atoms with Crippen molar-refractivity contribution in [3.8, 4) is 0 Å². The van der Waals surface area contributed by atoms with Crippen LogP contribution in [0.1, 0.15) is 46.5 Å². The first kappa shape index (κ1) is 16.5. The third kappa shape index (κ3) is 2.20. The van der Waals surface area contributed by atoms with E-state index in [2.05, 4.69) is 13.5 Å². The van der Waals surface area contributed by atoms with E-state index < -0.39 is 29.9 Å². The molecular weight excluding hydrogens is 312 g/mol. The summed E-state index contributed by atoms with van der Waals surface area (Å²) in [5, 5.41) is 0. The predicted octanol–water partition coefficient (Wildman–Crippen LogP) is 2.92. The first-order valence-electron chi connectivity index (χ1n) is 8.93. The Labute approximate surface area is 142 Å². The van der Waals surface area contributed by atoms with Crippen LogP contribution in [0.25, 0.3) is 0 Å². The molecule has 2 bridgehead atoms. The topological polar surface area (TPSA) is 63.2 Å². The quantitative estimate of drug-likeness (QED) is 0.438. The second-order valence-electron chi connectivity index (χ2n) is 7.91. The molecule has 0 amide bonds. The zero-order valence-corrected chi connectivity index (χ0v) is 14.5. The van der Waals surface area contributed by atoms with Gasteiger partial charge >= 0.3 is 5.97 Å². The second kappa shape index (κ2) is 5.53. The Bertz CT molecular complexity index is 550. The molecule has 4 heterocycles. The van der Waals surface area contributed by atoms with Crippen molar-refractivity contribution in [2.45, 2.75) is 70.4 Å². The molecule has 1 spiro atoms. The molecule has 4 saturated heterocycles. The molecule has 0 aromatic heterocycles. The van der Waals surface area contributed by atoms with Crippen molar-refractivity contribution >= 4 is 5.97 Å². The second-order valence-corrected chi connectivity index (χ2v) is 7.91. The molecule has 2 unspecified atom stereocenters. The maximum Gasteiger partial charge on any atom is 0.332 e. The van der Waals surface area contributed by atoms with Crippen LogP contribution < -0.4 is 0 Å². The lowest BCUT2D eigenvalue weighted by Crippen LogP contribution is -2.70. The van der Waals surface area contributed by atoms with Crippen LogP contribution in [0.2, 0.25) is 0 Å². The van der Waals surface area contributed by atoms with Crippen molar-refractivity contribution < 1.29 is 28.8 Å². The van der Waals surface area contributed by atoms with E-state index in [1.54, 1.807) is 0 Å². The maximum absolute atomic E-state index is 11.7. The monoisotopic (exact) mass is 338 g/mol. The third-order valence-electron chi connectivity index (χ3n) is 6.50. The van der Waals surface area contributed by atoms with Crippen molar-refractivity contribution in [2.75, 3.05) is 0 Å². The minimum Gasteiger partial charge on any atom is -0.432 e. The minimum atomic E-state index is -0.814. The molecule has 5 fully saturated rings. The van der Waals surface area contributed by atoms with Crippen LogP contribution in [0.15, 0.2) is 12.7 Å². The fourth-order valence-corrected chi connectivity index (χ4v) is 5.17. The zero-order chi connectivity index (χ0) is 17.1. The van der Waals surface area contributed by atoms with E-state index in [0.29, 0.717) is 11.8 Å². The molecule has 4 aliphatic heterocycles. The average molecular weight is 338 g/mol. The summed E-state index contributed by atoms with van der Waals surface area (Å²) in [6, 6.07) is 0. The van der Waals surface area contributed by atoms with E-state index in [9.17, 15) is 4.79 Å². The maximum atomic E-state index is 11.7. The highest BCUT2D eigenvalue weighted by atomic mass is 17.3. The number of carbonyl (C=O) groups is 1. The highest BCUT2D eigenvalue weighted by Gasteiger charge is 2.69. The lowest BCUT2D eigenvalue weighted by molar-refractivity contribution is -0.576. The van der Waals surface area contributed by atoms with Crippen LogP contribution in [0, 0.1) is 23.7 Å². The summed E-state index contributed by atoms with van der Waals surface area (Å²) < 4.78 is 17.7. The van der Waals surface area contributed by atoms with Gasteiger partial charge in [0.25, 0.3) is 0 Å². The summed E-state index contributed by atoms with van der Waals surface area (Å²) in [5.74, 6) is -0.322. The first-order valence-corrected chi connectivity index (χ1v) is 8.93. The van der Waals surface area contributed by atoms with Crippen molar-refractivity contribution in [2.24, 2.45) is 23.7 Å². The van der Waals surface area contributed by atoms with Gasteiger partial charge < -0.3 is 14.2 Å². The molecule has 1 saturated carbocycles. The van der Waals surface area contributed by atoms with Crippen LogP contribution >= 0.6 is 0 Å². The largest absolute Gasteiger partial charge is 0.432 e. The van der Waals surface area contributed by atoms with Gasteiger partial charge in [0, 0.05) is 24.3 Å². The smallest absolute Gasteiger partial charge is 0.332 e. The van der Waals surface area contributed by atoms with E-state index in [1.807, 2.05) is 13.8 Å². The van der Waals surface area contributed by atoms with Gasteiger partial charge in [0.1, 0.15) is 0 Å². The van der Waals surface area contributed by atoms with Crippen LogP contribution in [0.5, 0.6) is 0 Å². The first-order chi connectivity index (χ1) is 11.4. The van der Waals surface area contributed by atoms with Gasteiger partial charge in [0.05, 0.1) is 0 Å². The number of ether oxygens (including phenoxy) is 3. The Morgan fingerprint density at radius 3 is 2.75 bits per heavy atom. The summed E-state index contributed by atoms with van der Waals surface area (Å²) in [6.07, 6.45) is 3.76. The highest BCUT2D eigenvalue weighted by molar-refractivity contribution is 5.81. The van der Waals surface area contributed by atoms with Crippen molar-refractivity contribution in [3.05, 3.63) is 12.7 Å². The molecule has 0 N–H and O–H groups in total. The number of carbonyl (C=O) groups excluding carboxylic acids is 1. The van der Waals surface area contributed by atoms with E-state index in [1.165, 1.54) is 0 Å². The van der Waals surface area contributed by atoms with Gasteiger partial charge in [-0.25, -0.2) is 14.6 Å². The summed E-state index contributed by atoms with van der Waals surface area (Å²) in [4.78, 5) is 23.5. The molecule has 0 aromatic carbocycles. The Morgan fingerprint density at radius 1 is 1.21 bits per heavy atom. The van der Waals surface area contributed by atoms with Crippen LogP contribution in [-0.4, -0.2) is 29.9 Å². The fourth-order valence-electron chi connectivity index (χ4n) is 5.17. The molecule has 0 radical (unpaired) electrons. The molecular formula is C18H26O6. The Hall–Kier alpha value is -0.950. The molecule has 6 nitrogen and oxygen atoms in total.